The highest BCUT2D eigenvalue weighted by molar-refractivity contribution is 7.13. The van der Waals surface area contributed by atoms with Crippen LogP contribution in [0.4, 0.5) is 0 Å². The second-order valence-electron chi connectivity index (χ2n) is 4.50. The zero-order chi connectivity index (χ0) is 11.0. The second kappa shape index (κ2) is 4.05. The molecule has 0 atom stereocenters. The van der Waals surface area contributed by atoms with Crippen LogP contribution < -0.4 is 9.47 Å². The molecule has 2 heterocycles. The molecule has 0 bridgehead atoms. The quantitative estimate of drug-likeness (QED) is 0.764. The summed E-state index contributed by atoms with van der Waals surface area (Å²) in [6, 6.07) is 0. The molecule has 3 heteroatoms. The van der Waals surface area contributed by atoms with Gasteiger partial charge >= 0.3 is 0 Å². The number of hydrogen-bond donors (Lipinski definition) is 0. The van der Waals surface area contributed by atoms with E-state index >= 15 is 0 Å². The zero-order valence-corrected chi connectivity index (χ0v) is 10.6. The van der Waals surface area contributed by atoms with Gasteiger partial charge in [-0.2, -0.15) is 0 Å². The smallest absolute Gasteiger partial charge is 0.175 e. The molecule has 0 radical (unpaired) electrons. The molecule has 2 rings (SSSR count). The van der Waals surface area contributed by atoms with Crippen molar-refractivity contribution in [2.24, 2.45) is 0 Å². The molecule has 0 saturated heterocycles. The first kappa shape index (κ1) is 10.8. The van der Waals surface area contributed by atoms with Crippen LogP contribution in [0.1, 0.15) is 49.3 Å². The Kier molecular flexibility index (Phi) is 2.91. The van der Waals surface area contributed by atoms with E-state index in [9.17, 15) is 0 Å². The standard InChI is InChI=1S/C12H18O2S/c1-7(2)11-9-10(14-6-5-13-9)12(15-11)8(3)4/h7-8H,5-6H2,1-4H3. The molecule has 0 amide bonds. The molecular formula is C12H18O2S. The van der Waals surface area contributed by atoms with Gasteiger partial charge in [0.15, 0.2) is 11.5 Å². The van der Waals surface area contributed by atoms with E-state index in [-0.39, 0.29) is 0 Å². The highest BCUT2D eigenvalue weighted by atomic mass is 32.1. The third-order valence-corrected chi connectivity index (χ3v) is 4.25. The van der Waals surface area contributed by atoms with Crippen molar-refractivity contribution < 1.29 is 9.47 Å². The molecule has 0 unspecified atom stereocenters. The minimum absolute atomic E-state index is 0.512. The molecule has 0 aliphatic carbocycles. The fraction of sp³-hybridized carbons (Fsp3) is 0.667. The van der Waals surface area contributed by atoms with E-state index in [1.807, 2.05) is 11.3 Å². The molecule has 0 fully saturated rings. The molecule has 84 valence electrons. The number of fused-ring (bicyclic) bond motifs is 1. The van der Waals surface area contributed by atoms with Crippen LogP contribution >= 0.6 is 11.3 Å². The van der Waals surface area contributed by atoms with E-state index in [4.69, 9.17) is 9.47 Å². The Balaban J connectivity index is 2.49. The second-order valence-corrected chi connectivity index (χ2v) is 5.58. The summed E-state index contributed by atoms with van der Waals surface area (Å²) < 4.78 is 11.5. The Morgan fingerprint density at radius 1 is 0.867 bits per heavy atom. The van der Waals surface area contributed by atoms with Crippen LogP contribution in [0.25, 0.3) is 0 Å². The van der Waals surface area contributed by atoms with Crippen molar-refractivity contribution in [3.8, 4) is 11.5 Å². The average molecular weight is 226 g/mol. The van der Waals surface area contributed by atoms with E-state index in [0.29, 0.717) is 25.0 Å². The van der Waals surface area contributed by atoms with Gasteiger partial charge in [-0.3, -0.25) is 0 Å². The van der Waals surface area contributed by atoms with Crippen molar-refractivity contribution in [2.45, 2.75) is 39.5 Å². The van der Waals surface area contributed by atoms with Crippen LogP contribution in [0.2, 0.25) is 0 Å². The normalized spacial score (nSPS) is 15.1. The van der Waals surface area contributed by atoms with Crippen LogP contribution in [0.5, 0.6) is 11.5 Å². The number of ether oxygens (including phenoxy) is 2. The number of hydrogen-bond acceptors (Lipinski definition) is 3. The van der Waals surface area contributed by atoms with E-state index in [1.54, 1.807) is 0 Å². The van der Waals surface area contributed by atoms with Gasteiger partial charge in [-0.25, -0.2) is 0 Å². The Morgan fingerprint density at radius 3 is 1.60 bits per heavy atom. The van der Waals surface area contributed by atoms with E-state index in [0.717, 1.165) is 11.5 Å². The van der Waals surface area contributed by atoms with E-state index in [1.165, 1.54) is 9.75 Å². The van der Waals surface area contributed by atoms with Gasteiger partial charge in [0.2, 0.25) is 0 Å². The Labute approximate surface area is 95.2 Å². The van der Waals surface area contributed by atoms with Crippen molar-refractivity contribution in [2.75, 3.05) is 13.2 Å². The summed E-state index contributed by atoms with van der Waals surface area (Å²) in [4.78, 5) is 2.65. The van der Waals surface area contributed by atoms with Crippen LogP contribution in [0, 0.1) is 0 Å². The lowest BCUT2D eigenvalue weighted by atomic mass is 10.1. The highest BCUT2D eigenvalue weighted by Crippen LogP contribution is 2.49. The lowest BCUT2D eigenvalue weighted by Gasteiger charge is -2.18. The number of rotatable bonds is 2. The lowest BCUT2D eigenvalue weighted by Crippen LogP contribution is -2.15. The Morgan fingerprint density at radius 2 is 1.27 bits per heavy atom. The predicted octanol–water partition coefficient (Wildman–Crippen LogP) is 3.77. The first-order valence-corrected chi connectivity index (χ1v) is 6.35. The first-order valence-electron chi connectivity index (χ1n) is 5.53. The van der Waals surface area contributed by atoms with E-state index in [2.05, 4.69) is 27.7 Å². The monoisotopic (exact) mass is 226 g/mol. The fourth-order valence-corrected chi connectivity index (χ4v) is 2.95. The molecule has 0 aromatic carbocycles. The molecule has 0 saturated carbocycles. The molecule has 1 aliphatic rings. The largest absolute Gasteiger partial charge is 0.485 e. The zero-order valence-electron chi connectivity index (χ0n) is 9.79. The summed E-state index contributed by atoms with van der Waals surface area (Å²) >= 11 is 1.84. The summed E-state index contributed by atoms with van der Waals surface area (Å²) in [5, 5.41) is 0. The van der Waals surface area contributed by atoms with Gasteiger partial charge in [-0.15, -0.1) is 11.3 Å². The van der Waals surface area contributed by atoms with Gasteiger partial charge in [0.1, 0.15) is 13.2 Å². The van der Waals surface area contributed by atoms with Gasteiger partial charge in [-0.1, -0.05) is 27.7 Å². The van der Waals surface area contributed by atoms with Crippen LogP contribution in [-0.2, 0) is 0 Å². The molecule has 15 heavy (non-hydrogen) atoms. The molecule has 1 aromatic heterocycles. The lowest BCUT2D eigenvalue weighted by molar-refractivity contribution is 0.170. The minimum atomic E-state index is 0.512. The topological polar surface area (TPSA) is 18.5 Å². The van der Waals surface area contributed by atoms with Gasteiger partial charge < -0.3 is 9.47 Å². The van der Waals surface area contributed by atoms with Crippen LogP contribution in [0.3, 0.4) is 0 Å². The van der Waals surface area contributed by atoms with Gasteiger partial charge in [0.25, 0.3) is 0 Å². The maximum atomic E-state index is 5.73. The van der Waals surface area contributed by atoms with Gasteiger partial charge in [-0.05, 0) is 11.8 Å². The minimum Gasteiger partial charge on any atom is -0.485 e. The van der Waals surface area contributed by atoms with Crippen molar-refractivity contribution >= 4 is 11.3 Å². The number of thiophene rings is 1. The molecule has 1 aliphatic heterocycles. The van der Waals surface area contributed by atoms with Crippen LogP contribution in [-0.4, -0.2) is 13.2 Å². The van der Waals surface area contributed by atoms with Crippen molar-refractivity contribution in [1.29, 1.82) is 0 Å². The fourth-order valence-electron chi connectivity index (χ4n) is 1.76. The summed E-state index contributed by atoms with van der Waals surface area (Å²) in [6.45, 7) is 10.2. The third-order valence-electron chi connectivity index (χ3n) is 2.50. The van der Waals surface area contributed by atoms with Crippen molar-refractivity contribution in [1.82, 2.24) is 0 Å². The van der Waals surface area contributed by atoms with Crippen molar-refractivity contribution in [3.05, 3.63) is 9.75 Å². The Bertz CT molecular complexity index is 320. The Hall–Kier alpha value is -0.700. The van der Waals surface area contributed by atoms with Gasteiger partial charge in [0, 0.05) is 0 Å². The first-order chi connectivity index (χ1) is 7.11. The molecule has 2 nitrogen and oxygen atoms in total. The molecular weight excluding hydrogens is 208 g/mol. The molecule has 1 aromatic rings. The maximum absolute atomic E-state index is 5.73. The molecule has 0 N–H and O–H groups in total. The van der Waals surface area contributed by atoms with Crippen LogP contribution in [0.15, 0.2) is 0 Å². The third kappa shape index (κ3) is 1.85. The molecule has 0 spiro atoms. The van der Waals surface area contributed by atoms with E-state index < -0.39 is 0 Å². The summed E-state index contributed by atoms with van der Waals surface area (Å²) in [5.41, 5.74) is 0. The summed E-state index contributed by atoms with van der Waals surface area (Å²) in [7, 11) is 0. The maximum Gasteiger partial charge on any atom is 0.175 e. The predicted molar refractivity (Wildman–Crippen MR) is 63.5 cm³/mol. The van der Waals surface area contributed by atoms with Crippen molar-refractivity contribution in [3.63, 3.8) is 0 Å². The van der Waals surface area contributed by atoms with Gasteiger partial charge in [0.05, 0.1) is 9.75 Å². The summed E-state index contributed by atoms with van der Waals surface area (Å²) in [5.74, 6) is 3.03. The summed E-state index contributed by atoms with van der Waals surface area (Å²) in [6.07, 6.45) is 0. The highest BCUT2D eigenvalue weighted by Gasteiger charge is 2.26. The SMILES string of the molecule is CC(C)c1sc(C(C)C)c2c1OCCO2. The average Bonchev–Trinajstić information content (AvgIpc) is 2.56.